The smallest absolute Gasteiger partial charge is 0.303 e. The van der Waals surface area contributed by atoms with E-state index in [2.05, 4.69) is 5.43 Å². The van der Waals surface area contributed by atoms with Gasteiger partial charge in [0.1, 0.15) is 5.75 Å². The molecule has 4 amide bonds. The number of nitrogens with one attached hydrogen (secondary N) is 1. The molecule has 3 aromatic rings. The fourth-order valence-electron chi connectivity index (χ4n) is 9.32. The average Bonchev–Trinajstić information content (AvgIpc) is 3.58. The van der Waals surface area contributed by atoms with Gasteiger partial charge in [-0.1, -0.05) is 65.6 Å². The second-order valence-corrected chi connectivity index (χ2v) is 15.8. The minimum atomic E-state index is -1.55. The topological polar surface area (TPSA) is 172 Å². The second-order valence-electron chi connectivity index (χ2n) is 14.9. The van der Waals surface area contributed by atoms with Gasteiger partial charge in [-0.2, -0.15) is 5.01 Å². The van der Waals surface area contributed by atoms with Crippen LogP contribution >= 0.6 is 23.2 Å². The van der Waals surface area contributed by atoms with Crippen LogP contribution in [0.3, 0.4) is 0 Å². The van der Waals surface area contributed by atoms with Gasteiger partial charge in [0.05, 0.1) is 55.2 Å². The number of anilines is 1. The Kier molecular flexibility index (Phi) is 11.5. The molecule has 0 bridgehead atoms. The first-order valence-electron chi connectivity index (χ1n) is 19.0. The lowest BCUT2D eigenvalue weighted by Crippen LogP contribution is -2.54. The van der Waals surface area contributed by atoms with Crippen molar-refractivity contribution in [3.63, 3.8) is 0 Å². The Bertz CT molecular complexity index is 2200. The Labute approximate surface area is 345 Å². The van der Waals surface area contributed by atoms with Crippen LogP contribution in [0.5, 0.6) is 23.0 Å². The number of hydrogen-bond donors (Lipinski definition) is 3. The van der Waals surface area contributed by atoms with Crippen molar-refractivity contribution < 1.29 is 48.4 Å². The molecular weight excluding hydrogens is 789 g/mol. The molecule has 1 saturated carbocycles. The van der Waals surface area contributed by atoms with Gasteiger partial charge in [-0.05, 0) is 85.2 Å². The molecule has 2 aliphatic heterocycles. The normalized spacial score (nSPS) is 25.1. The first kappa shape index (κ1) is 40.7. The second kappa shape index (κ2) is 16.4. The van der Waals surface area contributed by atoms with Crippen LogP contribution < -0.4 is 19.6 Å². The Morgan fingerprint density at radius 3 is 2.24 bits per heavy atom. The van der Waals surface area contributed by atoms with Crippen LogP contribution in [0.1, 0.15) is 49.7 Å². The Hall–Kier alpha value is -5.53. The van der Waals surface area contributed by atoms with Crippen LogP contribution in [0.2, 0.25) is 10.0 Å². The van der Waals surface area contributed by atoms with Crippen molar-refractivity contribution >= 4 is 64.6 Å². The number of aliphatic carboxylic acids is 1. The van der Waals surface area contributed by atoms with Crippen LogP contribution in [0, 0.1) is 29.6 Å². The SMILES string of the molecule is COc1ccc(C23C(=O)N(Nc4ccc(Cl)cc4Cl)C(=O)C2CC2C(=CCC4C(=O)N(CCCCCC(=O)O)C(=O)C42)C3C=Cc2cc(OC)c(O)c(OC)c2)cc1. The van der Waals surface area contributed by atoms with Crippen molar-refractivity contribution in [3.8, 4) is 23.0 Å². The number of nitrogens with zero attached hydrogens (tertiary/aromatic N) is 2. The van der Waals surface area contributed by atoms with Gasteiger partial charge >= 0.3 is 5.97 Å². The number of methoxy groups -OCH3 is 3. The molecule has 7 rings (SSSR count). The number of carboxylic acid groups (broad SMARTS) is 1. The number of carboxylic acids is 1. The summed E-state index contributed by atoms with van der Waals surface area (Å²) in [6, 6.07) is 14.9. The van der Waals surface area contributed by atoms with Crippen LogP contribution in [0.15, 0.2) is 72.3 Å². The number of amides is 4. The van der Waals surface area contributed by atoms with E-state index in [1.165, 1.54) is 32.3 Å². The highest BCUT2D eigenvalue weighted by Crippen LogP contribution is 2.61. The number of unbranched alkanes of at least 4 members (excludes halogenated alkanes) is 2. The fourth-order valence-corrected chi connectivity index (χ4v) is 9.77. The van der Waals surface area contributed by atoms with Gasteiger partial charge in [0.25, 0.3) is 11.8 Å². The van der Waals surface area contributed by atoms with Gasteiger partial charge in [-0.25, -0.2) is 0 Å². The summed E-state index contributed by atoms with van der Waals surface area (Å²) >= 11 is 12.7. The van der Waals surface area contributed by atoms with Gasteiger partial charge in [0.15, 0.2) is 11.5 Å². The van der Waals surface area contributed by atoms with E-state index in [1.807, 2.05) is 12.2 Å². The highest BCUT2D eigenvalue weighted by atomic mass is 35.5. The summed E-state index contributed by atoms with van der Waals surface area (Å²) in [6.45, 7) is 0.163. The number of rotatable bonds is 14. The summed E-state index contributed by atoms with van der Waals surface area (Å²) in [7, 11) is 4.36. The number of carbonyl (C=O) groups excluding carboxylic acids is 4. The molecule has 6 unspecified atom stereocenters. The molecule has 2 heterocycles. The van der Waals surface area contributed by atoms with E-state index < -0.39 is 52.8 Å². The molecular formula is C43H43Cl2N3O10. The molecule has 3 aromatic carbocycles. The lowest BCUT2D eigenvalue weighted by molar-refractivity contribution is -0.141. The lowest BCUT2D eigenvalue weighted by atomic mass is 9.50. The highest BCUT2D eigenvalue weighted by molar-refractivity contribution is 6.36. The number of fused-ring (bicyclic) bond motifs is 4. The van der Waals surface area contributed by atoms with E-state index in [1.54, 1.807) is 54.6 Å². The van der Waals surface area contributed by atoms with Crippen LogP contribution in [-0.2, 0) is 29.4 Å². The average molecular weight is 833 g/mol. The molecule has 304 valence electrons. The molecule has 0 spiro atoms. The third-order valence-corrected chi connectivity index (χ3v) is 12.5. The van der Waals surface area contributed by atoms with Crippen molar-refractivity contribution in [2.24, 2.45) is 29.6 Å². The van der Waals surface area contributed by atoms with Gasteiger partial charge < -0.3 is 24.4 Å². The maximum Gasteiger partial charge on any atom is 0.303 e. The fraction of sp³-hybridized carbons (Fsp3) is 0.372. The summed E-state index contributed by atoms with van der Waals surface area (Å²) in [5.74, 6) is -5.81. The number of imide groups is 2. The van der Waals surface area contributed by atoms with E-state index >= 15 is 4.79 Å². The number of carbonyl (C=O) groups is 5. The van der Waals surface area contributed by atoms with E-state index in [9.17, 15) is 24.3 Å². The molecule has 2 aliphatic carbocycles. The minimum absolute atomic E-state index is 0.00128. The van der Waals surface area contributed by atoms with E-state index in [-0.39, 0.29) is 65.6 Å². The highest BCUT2D eigenvalue weighted by Gasteiger charge is 2.69. The monoisotopic (exact) mass is 831 g/mol. The minimum Gasteiger partial charge on any atom is -0.502 e. The summed E-state index contributed by atoms with van der Waals surface area (Å²) in [5, 5.41) is 21.2. The molecule has 13 nitrogen and oxygen atoms in total. The first-order valence-corrected chi connectivity index (χ1v) is 19.8. The number of likely N-dealkylation sites (tertiary alicyclic amines) is 1. The standard InChI is InChI=1S/C43H43Cl2N3O10/c1-56-26-12-9-24(10-13-26)43-30(16-8-23-19-34(57-2)38(51)35(20-23)58-3)27-14-15-28-37(41(54)47(39(28)52)18-6-4-5-7-36(49)50)29(27)22-31(43)40(53)48(42(43)55)46-33-17-11-25(44)21-32(33)45/h8-14,16-17,19-21,28-31,37,46,51H,4-7,15,18,22H2,1-3H3,(H,49,50). The number of ether oxygens (including phenoxy) is 3. The molecule has 0 aromatic heterocycles. The van der Waals surface area contributed by atoms with Crippen molar-refractivity contribution in [1.29, 1.82) is 0 Å². The van der Waals surface area contributed by atoms with E-state index in [0.29, 0.717) is 41.2 Å². The third-order valence-electron chi connectivity index (χ3n) is 12.0. The van der Waals surface area contributed by atoms with Crippen LogP contribution in [0.25, 0.3) is 6.08 Å². The molecule has 2 saturated heterocycles. The predicted octanol–water partition coefficient (Wildman–Crippen LogP) is 6.90. The maximum absolute atomic E-state index is 15.4. The predicted molar refractivity (Wildman–Crippen MR) is 214 cm³/mol. The van der Waals surface area contributed by atoms with E-state index in [0.717, 1.165) is 10.6 Å². The van der Waals surface area contributed by atoms with Crippen molar-refractivity contribution in [1.82, 2.24) is 9.91 Å². The van der Waals surface area contributed by atoms with E-state index in [4.69, 9.17) is 42.5 Å². The molecule has 3 N–H and O–H groups in total. The lowest BCUT2D eigenvalue weighted by Gasteiger charge is -2.49. The molecule has 0 radical (unpaired) electrons. The Balaban J connectivity index is 1.36. The number of phenolic OH excluding ortho intramolecular Hbond substituents is 1. The first-order chi connectivity index (χ1) is 27.8. The van der Waals surface area contributed by atoms with Gasteiger partial charge in [0.2, 0.25) is 17.6 Å². The summed E-state index contributed by atoms with van der Waals surface area (Å²) in [5.41, 5.74) is 3.55. The quantitative estimate of drug-likeness (QED) is 0.0877. The molecule has 6 atom stereocenters. The zero-order valence-electron chi connectivity index (χ0n) is 32.1. The zero-order chi connectivity index (χ0) is 41.5. The molecule has 3 fully saturated rings. The van der Waals surface area contributed by atoms with Gasteiger partial charge in [0, 0.05) is 23.9 Å². The number of benzene rings is 3. The van der Waals surface area contributed by atoms with Crippen LogP contribution in [-0.4, -0.2) is 77.6 Å². The van der Waals surface area contributed by atoms with Crippen molar-refractivity contribution in [2.75, 3.05) is 33.3 Å². The number of allylic oxidation sites excluding steroid dienone is 3. The van der Waals surface area contributed by atoms with Crippen molar-refractivity contribution in [3.05, 3.63) is 93.5 Å². The molecule has 58 heavy (non-hydrogen) atoms. The van der Waals surface area contributed by atoms with Gasteiger partial charge in [-0.3, -0.25) is 34.3 Å². The molecule has 4 aliphatic rings. The molecule has 15 heteroatoms. The summed E-state index contributed by atoms with van der Waals surface area (Å²) in [6.07, 6.45) is 7.32. The summed E-state index contributed by atoms with van der Waals surface area (Å²) in [4.78, 5) is 70.9. The number of aromatic hydroxyl groups is 1. The number of halogens is 2. The number of hydrazine groups is 1. The maximum atomic E-state index is 15.4. The Morgan fingerprint density at radius 1 is 0.897 bits per heavy atom. The number of phenols is 1. The third kappa shape index (κ3) is 6.93. The Morgan fingerprint density at radius 2 is 1.60 bits per heavy atom. The number of hydrogen-bond acceptors (Lipinski definition) is 10. The van der Waals surface area contributed by atoms with Gasteiger partial charge in [-0.15, -0.1) is 0 Å². The largest absolute Gasteiger partial charge is 0.502 e. The van der Waals surface area contributed by atoms with Crippen LogP contribution in [0.4, 0.5) is 5.69 Å². The van der Waals surface area contributed by atoms with Crippen molar-refractivity contribution in [2.45, 2.75) is 43.9 Å². The summed E-state index contributed by atoms with van der Waals surface area (Å²) < 4.78 is 16.3. The zero-order valence-corrected chi connectivity index (χ0v) is 33.6.